The molecule has 33 heavy (non-hydrogen) atoms. The van der Waals surface area contributed by atoms with Gasteiger partial charge in [-0.05, 0) is 38.5 Å². The molecule has 2 aliphatic heterocycles. The number of nitrogens with zero attached hydrogens (tertiary/aromatic N) is 4. The number of rotatable bonds is 3. The number of anilines is 1. The number of thiophene rings is 1. The monoisotopic (exact) mass is 485 g/mol. The first-order valence-electron chi connectivity index (χ1n) is 10.8. The second kappa shape index (κ2) is 9.34. The average molecular weight is 486 g/mol. The average Bonchev–Trinajstić information content (AvgIpc) is 2.99. The fraction of sp³-hybridized carbons (Fsp3) is 0.391. The quantitative estimate of drug-likeness (QED) is 0.351. The van der Waals surface area contributed by atoms with Gasteiger partial charge in [-0.15, -0.1) is 11.3 Å². The van der Waals surface area contributed by atoms with Gasteiger partial charge in [-0.25, -0.2) is 5.01 Å². The summed E-state index contributed by atoms with van der Waals surface area (Å²) in [6.07, 6.45) is 0.0667. The Bertz CT molecular complexity index is 1130. The Balaban J connectivity index is 1.80. The van der Waals surface area contributed by atoms with Crippen LogP contribution in [-0.2, 0) is 4.79 Å². The molecule has 0 spiro atoms. The minimum absolute atomic E-state index is 0.0576. The molecule has 1 amide bonds. The zero-order valence-electron chi connectivity index (χ0n) is 19.0. The number of aryl methyl sites for hydroxylation is 1. The lowest BCUT2D eigenvalue weighted by Crippen LogP contribution is -2.52. The van der Waals surface area contributed by atoms with E-state index < -0.39 is 6.04 Å². The maximum atomic E-state index is 13.1. The lowest BCUT2D eigenvalue weighted by atomic mass is 9.99. The molecule has 174 valence electrons. The van der Waals surface area contributed by atoms with Gasteiger partial charge < -0.3 is 4.90 Å². The molecule has 0 unspecified atom stereocenters. The Labute approximate surface area is 202 Å². The summed E-state index contributed by atoms with van der Waals surface area (Å²) in [5.41, 5.74) is 3.56. The van der Waals surface area contributed by atoms with Gasteiger partial charge in [0.2, 0.25) is 5.91 Å². The Morgan fingerprint density at radius 2 is 1.85 bits per heavy atom. The number of amidine groups is 2. The number of amides is 1. The van der Waals surface area contributed by atoms with Crippen molar-refractivity contribution in [1.29, 1.82) is 10.8 Å². The Morgan fingerprint density at radius 1 is 1.21 bits per heavy atom. The molecule has 3 heterocycles. The van der Waals surface area contributed by atoms with Gasteiger partial charge in [-0.3, -0.25) is 31.3 Å². The summed E-state index contributed by atoms with van der Waals surface area (Å²) in [6, 6.07) is 6.74. The smallest absolute Gasteiger partial charge is 0.225 e. The highest BCUT2D eigenvalue weighted by Gasteiger charge is 2.35. The molecule has 2 aromatic rings. The predicted molar refractivity (Wildman–Crippen MR) is 135 cm³/mol. The van der Waals surface area contributed by atoms with Gasteiger partial charge in [0.25, 0.3) is 0 Å². The Morgan fingerprint density at radius 3 is 2.45 bits per heavy atom. The molecule has 1 aromatic carbocycles. The Hall–Kier alpha value is -2.59. The number of carbonyl (C=O) groups excluding carboxylic acids is 1. The molecule has 4 rings (SSSR count). The van der Waals surface area contributed by atoms with Crippen molar-refractivity contribution in [3.05, 3.63) is 50.9 Å². The van der Waals surface area contributed by atoms with Crippen molar-refractivity contribution >= 4 is 51.2 Å². The molecule has 1 saturated heterocycles. The van der Waals surface area contributed by atoms with Crippen LogP contribution < -0.4 is 10.7 Å². The molecular formula is C23H28ClN7OS. The summed E-state index contributed by atoms with van der Waals surface area (Å²) in [7, 11) is 0. The molecule has 1 aromatic heterocycles. The van der Waals surface area contributed by atoms with Crippen LogP contribution in [0.5, 0.6) is 0 Å². The number of benzene rings is 1. The number of fused-ring (bicyclic) bond motifs is 1. The summed E-state index contributed by atoms with van der Waals surface area (Å²) in [5, 5.41) is 20.5. The number of nitrogens with two attached hydrogens (primary N) is 1. The third-order valence-corrected chi connectivity index (χ3v) is 7.58. The number of hydrogen-bond acceptors (Lipinski definition) is 7. The molecule has 0 bridgehead atoms. The summed E-state index contributed by atoms with van der Waals surface area (Å²) in [4.78, 5) is 22.6. The van der Waals surface area contributed by atoms with Crippen molar-refractivity contribution in [3.63, 3.8) is 0 Å². The molecule has 2 aliphatic rings. The van der Waals surface area contributed by atoms with Gasteiger partial charge >= 0.3 is 0 Å². The van der Waals surface area contributed by atoms with Crippen LogP contribution in [0.3, 0.4) is 0 Å². The maximum absolute atomic E-state index is 13.1. The van der Waals surface area contributed by atoms with Gasteiger partial charge in [-0.1, -0.05) is 23.7 Å². The topological polar surface area (TPSA) is 113 Å². The summed E-state index contributed by atoms with van der Waals surface area (Å²) in [6.45, 7) is 8.09. The molecule has 10 heteroatoms. The highest BCUT2D eigenvalue weighted by Crippen LogP contribution is 2.40. The van der Waals surface area contributed by atoms with E-state index in [9.17, 15) is 4.79 Å². The minimum atomic E-state index is -0.710. The normalized spacial score (nSPS) is 19.2. The first kappa shape index (κ1) is 23.6. The highest BCUT2D eigenvalue weighted by molar-refractivity contribution is 7.17. The molecule has 0 radical (unpaired) electrons. The lowest BCUT2D eigenvalue weighted by molar-refractivity contribution is -0.133. The SMILES string of the molecule is CC(=N)N1C(=N)[C@H](CC(=O)N2CCN(N)CC2)N=C(c2ccc(Cl)cc2)c2c1sc(C)c2C. The Kier molecular flexibility index (Phi) is 6.67. The van der Waals surface area contributed by atoms with Crippen molar-refractivity contribution in [2.24, 2.45) is 10.8 Å². The third kappa shape index (κ3) is 4.59. The predicted octanol–water partition coefficient (Wildman–Crippen LogP) is 3.43. The highest BCUT2D eigenvalue weighted by atomic mass is 35.5. The summed E-state index contributed by atoms with van der Waals surface area (Å²) < 4.78 is 0. The number of carbonyl (C=O) groups is 1. The standard InChI is InChI=1S/C23H28ClN7OS/c1-13-14(2)33-23-20(13)21(16-4-6-17(24)7-5-16)28-18(22(26)31(23)15(3)25)12-19(32)29-8-10-30(27)11-9-29/h4-7,18,25-26H,8-12,27H2,1-3H3/t18-/m0/s1. The number of halogens is 1. The van der Waals surface area contributed by atoms with Crippen LogP contribution in [0.15, 0.2) is 29.3 Å². The van der Waals surface area contributed by atoms with Crippen molar-refractivity contribution < 1.29 is 4.79 Å². The first-order valence-corrected chi connectivity index (χ1v) is 12.0. The minimum Gasteiger partial charge on any atom is -0.340 e. The van der Waals surface area contributed by atoms with Crippen molar-refractivity contribution in [3.8, 4) is 0 Å². The maximum Gasteiger partial charge on any atom is 0.225 e. The molecule has 0 aliphatic carbocycles. The van der Waals surface area contributed by atoms with E-state index >= 15 is 0 Å². The fourth-order valence-corrected chi connectivity index (χ4v) is 5.50. The second-order valence-corrected chi connectivity index (χ2v) is 10.0. The molecule has 1 atom stereocenters. The number of aliphatic imine (C=N–C) groups is 1. The van der Waals surface area contributed by atoms with Crippen LogP contribution in [-0.4, -0.2) is 65.4 Å². The zero-order valence-corrected chi connectivity index (χ0v) is 20.6. The molecule has 8 nitrogen and oxygen atoms in total. The lowest BCUT2D eigenvalue weighted by Gasteiger charge is -2.33. The van der Waals surface area contributed by atoms with Crippen LogP contribution in [0.1, 0.15) is 34.9 Å². The van der Waals surface area contributed by atoms with E-state index in [-0.39, 0.29) is 24.0 Å². The summed E-state index contributed by atoms with van der Waals surface area (Å²) >= 11 is 7.67. The zero-order chi connectivity index (χ0) is 23.9. The van der Waals surface area contributed by atoms with Gasteiger partial charge in [-0.2, -0.15) is 0 Å². The van der Waals surface area contributed by atoms with Gasteiger partial charge in [0.15, 0.2) is 0 Å². The number of nitrogens with one attached hydrogen (secondary N) is 2. The fourth-order valence-electron chi connectivity index (χ4n) is 4.15. The van der Waals surface area contributed by atoms with Crippen LogP contribution in [0.4, 0.5) is 5.00 Å². The molecule has 4 N–H and O–H groups in total. The van der Waals surface area contributed by atoms with Crippen molar-refractivity contribution in [2.75, 3.05) is 31.1 Å². The van der Waals surface area contributed by atoms with E-state index in [1.807, 2.05) is 38.1 Å². The van der Waals surface area contributed by atoms with Gasteiger partial charge in [0.05, 0.1) is 12.1 Å². The molecular weight excluding hydrogens is 458 g/mol. The van der Waals surface area contributed by atoms with Gasteiger partial charge in [0.1, 0.15) is 22.7 Å². The van der Waals surface area contributed by atoms with Crippen LogP contribution >= 0.6 is 22.9 Å². The van der Waals surface area contributed by atoms with Gasteiger partial charge in [0, 0.05) is 47.2 Å². The van der Waals surface area contributed by atoms with E-state index in [4.69, 9.17) is 33.3 Å². The number of hydrazine groups is 1. The van der Waals surface area contributed by atoms with Crippen LogP contribution in [0.2, 0.25) is 5.02 Å². The van der Waals surface area contributed by atoms with E-state index in [2.05, 4.69) is 0 Å². The second-order valence-electron chi connectivity index (χ2n) is 8.39. The van der Waals surface area contributed by atoms with E-state index in [1.165, 1.54) is 0 Å². The van der Waals surface area contributed by atoms with Crippen LogP contribution in [0, 0.1) is 24.7 Å². The molecule has 0 saturated carbocycles. The van der Waals surface area contributed by atoms with E-state index in [0.717, 1.165) is 32.3 Å². The van der Waals surface area contributed by atoms with E-state index in [1.54, 1.807) is 33.1 Å². The number of piperazine rings is 1. The summed E-state index contributed by atoms with van der Waals surface area (Å²) in [5.74, 6) is 6.14. The van der Waals surface area contributed by atoms with Crippen molar-refractivity contribution in [1.82, 2.24) is 9.91 Å². The largest absolute Gasteiger partial charge is 0.340 e. The third-order valence-electron chi connectivity index (χ3n) is 6.14. The molecule has 1 fully saturated rings. The number of hydrogen-bond donors (Lipinski definition) is 3. The van der Waals surface area contributed by atoms with Crippen LogP contribution in [0.25, 0.3) is 0 Å². The van der Waals surface area contributed by atoms with Crippen molar-refractivity contribution in [2.45, 2.75) is 33.2 Å². The van der Waals surface area contributed by atoms with E-state index in [0.29, 0.717) is 31.2 Å². The first-order chi connectivity index (χ1) is 15.7.